The van der Waals surface area contributed by atoms with Gasteiger partial charge in [-0.15, -0.1) is 0 Å². The van der Waals surface area contributed by atoms with Crippen molar-refractivity contribution >= 4 is 11.8 Å². The van der Waals surface area contributed by atoms with Crippen LogP contribution in [0.25, 0.3) is 0 Å². The molecular weight excluding hydrogens is 176 g/mol. The van der Waals surface area contributed by atoms with Crippen molar-refractivity contribution in [3.8, 4) is 0 Å². The molecule has 0 amide bonds. The molecule has 0 radical (unpaired) electrons. The maximum atomic E-state index is 2.33. The molecule has 0 atom stereocenters. The van der Waals surface area contributed by atoms with Crippen molar-refractivity contribution in [1.82, 2.24) is 0 Å². The fraction of sp³-hybridized carbons (Fsp3) is 0.333. The first-order valence-electron chi connectivity index (χ1n) is 4.75. The van der Waals surface area contributed by atoms with Crippen LogP contribution in [0.1, 0.15) is 26.2 Å². The van der Waals surface area contributed by atoms with E-state index in [1.165, 1.54) is 28.2 Å². The van der Waals surface area contributed by atoms with Crippen molar-refractivity contribution in [2.24, 2.45) is 0 Å². The Labute approximate surface area is 84.1 Å². The van der Waals surface area contributed by atoms with Crippen LogP contribution in [0, 0.1) is 0 Å². The van der Waals surface area contributed by atoms with E-state index >= 15 is 0 Å². The highest BCUT2D eigenvalue weighted by atomic mass is 32.2. The molecule has 0 N–H and O–H groups in total. The van der Waals surface area contributed by atoms with Crippen molar-refractivity contribution in [2.45, 2.75) is 26.2 Å². The molecule has 0 heterocycles. The fourth-order valence-corrected chi connectivity index (χ4v) is 2.62. The van der Waals surface area contributed by atoms with Gasteiger partial charge in [-0.3, -0.25) is 0 Å². The zero-order valence-corrected chi connectivity index (χ0v) is 8.73. The largest absolute Gasteiger partial charge is 0.0946 e. The summed E-state index contributed by atoms with van der Waals surface area (Å²) in [4.78, 5) is 2.90. The highest BCUT2D eigenvalue weighted by Gasteiger charge is 2.07. The Morgan fingerprint density at radius 3 is 2.77 bits per heavy atom. The number of hydrogen-bond donors (Lipinski definition) is 0. The Bertz CT molecular complexity index is 316. The molecule has 2 rings (SSSR count). The quantitative estimate of drug-likeness (QED) is 0.629. The van der Waals surface area contributed by atoms with E-state index in [1.807, 2.05) is 11.8 Å². The van der Waals surface area contributed by atoms with E-state index in [1.54, 1.807) is 0 Å². The molecule has 0 spiro atoms. The molecule has 0 nitrogen and oxygen atoms in total. The Morgan fingerprint density at radius 1 is 1.23 bits per heavy atom. The van der Waals surface area contributed by atoms with Crippen LogP contribution < -0.4 is 0 Å². The monoisotopic (exact) mass is 190 g/mol. The third-order valence-corrected chi connectivity index (χ3v) is 3.30. The van der Waals surface area contributed by atoms with Crippen molar-refractivity contribution in [1.29, 1.82) is 0 Å². The minimum Gasteiger partial charge on any atom is -0.0946 e. The third-order valence-electron chi connectivity index (χ3n) is 2.22. The molecule has 0 aromatic carbocycles. The molecule has 0 fully saturated rings. The molecule has 0 aromatic rings. The van der Waals surface area contributed by atoms with Gasteiger partial charge in [0.1, 0.15) is 0 Å². The molecule has 0 saturated heterocycles. The number of hydrogen-bond acceptors (Lipinski definition) is 1. The second-order valence-corrected chi connectivity index (χ2v) is 4.71. The molecule has 0 aromatic heterocycles. The SMILES string of the molecule is CC1=CC=C(SC2=CCCC=C2)C1. The lowest BCUT2D eigenvalue weighted by Gasteiger charge is -2.07. The van der Waals surface area contributed by atoms with Crippen LogP contribution in [-0.4, -0.2) is 0 Å². The van der Waals surface area contributed by atoms with Gasteiger partial charge in [-0.2, -0.15) is 0 Å². The summed E-state index contributed by atoms with van der Waals surface area (Å²) in [6.07, 6.45) is 14.9. The van der Waals surface area contributed by atoms with E-state index < -0.39 is 0 Å². The lowest BCUT2D eigenvalue weighted by Crippen LogP contribution is -1.81. The van der Waals surface area contributed by atoms with Crippen LogP contribution in [0.5, 0.6) is 0 Å². The second-order valence-electron chi connectivity index (χ2n) is 3.51. The lowest BCUT2D eigenvalue weighted by molar-refractivity contribution is 1.03. The van der Waals surface area contributed by atoms with Gasteiger partial charge >= 0.3 is 0 Å². The number of allylic oxidation sites excluding steroid dienone is 7. The summed E-state index contributed by atoms with van der Waals surface area (Å²) in [5.74, 6) is 0. The average Bonchev–Trinajstić information content (AvgIpc) is 2.53. The summed E-state index contributed by atoms with van der Waals surface area (Å²) < 4.78 is 0. The Kier molecular flexibility index (Phi) is 2.74. The van der Waals surface area contributed by atoms with Gasteiger partial charge in [0.25, 0.3) is 0 Å². The van der Waals surface area contributed by atoms with Crippen molar-refractivity contribution in [3.63, 3.8) is 0 Å². The summed E-state index contributed by atoms with van der Waals surface area (Å²) in [5.41, 5.74) is 1.47. The first-order chi connectivity index (χ1) is 6.34. The normalized spacial score (nSPS) is 21.2. The zero-order chi connectivity index (χ0) is 9.10. The van der Waals surface area contributed by atoms with Crippen LogP contribution in [-0.2, 0) is 0 Å². The average molecular weight is 190 g/mol. The van der Waals surface area contributed by atoms with Gasteiger partial charge in [-0.1, -0.05) is 47.7 Å². The summed E-state index contributed by atoms with van der Waals surface area (Å²) in [7, 11) is 0. The van der Waals surface area contributed by atoms with Gasteiger partial charge in [-0.05, 0) is 31.1 Å². The summed E-state index contributed by atoms with van der Waals surface area (Å²) >= 11 is 1.92. The molecule has 2 aliphatic rings. The van der Waals surface area contributed by atoms with Gasteiger partial charge in [0.15, 0.2) is 0 Å². The van der Waals surface area contributed by atoms with E-state index in [0.29, 0.717) is 0 Å². The molecule has 0 bridgehead atoms. The van der Waals surface area contributed by atoms with Gasteiger partial charge < -0.3 is 0 Å². The summed E-state index contributed by atoms with van der Waals surface area (Å²) in [6.45, 7) is 2.19. The maximum Gasteiger partial charge on any atom is 0.00757 e. The van der Waals surface area contributed by atoms with Gasteiger partial charge in [0.05, 0.1) is 0 Å². The smallest absolute Gasteiger partial charge is 0.00757 e. The molecule has 13 heavy (non-hydrogen) atoms. The fourth-order valence-electron chi connectivity index (χ4n) is 1.51. The predicted molar refractivity (Wildman–Crippen MR) is 60.5 cm³/mol. The predicted octanol–water partition coefficient (Wildman–Crippen LogP) is 4.19. The summed E-state index contributed by atoms with van der Waals surface area (Å²) in [6, 6.07) is 0. The van der Waals surface area contributed by atoms with Crippen molar-refractivity contribution in [2.75, 3.05) is 0 Å². The van der Waals surface area contributed by atoms with E-state index in [-0.39, 0.29) is 0 Å². The van der Waals surface area contributed by atoms with Crippen LogP contribution in [0.4, 0.5) is 0 Å². The Balaban J connectivity index is 1.93. The van der Waals surface area contributed by atoms with Crippen molar-refractivity contribution in [3.05, 3.63) is 45.8 Å². The van der Waals surface area contributed by atoms with E-state index in [2.05, 4.69) is 37.3 Å². The molecular formula is C12H14S. The van der Waals surface area contributed by atoms with Crippen LogP contribution in [0.15, 0.2) is 45.8 Å². The molecule has 0 unspecified atom stereocenters. The second kappa shape index (κ2) is 4.01. The molecule has 1 heteroatoms. The van der Waals surface area contributed by atoms with Crippen molar-refractivity contribution < 1.29 is 0 Å². The standard InChI is InChI=1S/C12H14S/c1-10-7-8-12(9-10)13-11-5-3-2-4-6-11/h3,5-8H,2,4,9H2,1H3. The highest BCUT2D eigenvalue weighted by Crippen LogP contribution is 2.35. The molecule has 2 aliphatic carbocycles. The van der Waals surface area contributed by atoms with Crippen LogP contribution >= 0.6 is 11.8 Å². The van der Waals surface area contributed by atoms with E-state index in [4.69, 9.17) is 0 Å². The minimum atomic E-state index is 1.15. The Morgan fingerprint density at radius 2 is 2.15 bits per heavy atom. The number of thioether (sulfide) groups is 1. The zero-order valence-electron chi connectivity index (χ0n) is 7.92. The van der Waals surface area contributed by atoms with Gasteiger partial charge in [-0.25, -0.2) is 0 Å². The minimum absolute atomic E-state index is 1.15. The lowest BCUT2D eigenvalue weighted by atomic mass is 10.2. The third kappa shape index (κ3) is 2.38. The Hall–Kier alpha value is -0.690. The first kappa shape index (κ1) is 8.89. The van der Waals surface area contributed by atoms with E-state index in [9.17, 15) is 0 Å². The van der Waals surface area contributed by atoms with Gasteiger partial charge in [0, 0.05) is 4.91 Å². The van der Waals surface area contributed by atoms with Gasteiger partial charge in [0.2, 0.25) is 0 Å². The van der Waals surface area contributed by atoms with Crippen LogP contribution in [0.2, 0.25) is 0 Å². The molecule has 68 valence electrons. The number of rotatable bonds is 2. The molecule has 0 aliphatic heterocycles. The first-order valence-corrected chi connectivity index (χ1v) is 5.57. The van der Waals surface area contributed by atoms with E-state index in [0.717, 1.165) is 6.42 Å². The van der Waals surface area contributed by atoms with Crippen LogP contribution in [0.3, 0.4) is 0 Å². The molecule has 0 saturated carbocycles. The summed E-state index contributed by atoms with van der Waals surface area (Å²) in [5, 5.41) is 0. The highest BCUT2D eigenvalue weighted by molar-refractivity contribution is 8.06. The maximum absolute atomic E-state index is 2.33. The topological polar surface area (TPSA) is 0 Å².